The van der Waals surface area contributed by atoms with Gasteiger partial charge in [0, 0.05) is 16.3 Å². The molecule has 0 bridgehead atoms. The first-order chi connectivity index (χ1) is 7.22. The lowest BCUT2D eigenvalue weighted by Crippen LogP contribution is -2.06. The van der Waals surface area contributed by atoms with E-state index in [1.54, 1.807) is 19.2 Å². The summed E-state index contributed by atoms with van der Waals surface area (Å²) in [4.78, 5) is 0.452. The van der Waals surface area contributed by atoms with E-state index in [0.717, 1.165) is 24.2 Å². The summed E-state index contributed by atoms with van der Waals surface area (Å²) in [6.07, 6.45) is 3.46. The second-order valence-electron chi connectivity index (χ2n) is 3.94. The highest BCUT2D eigenvalue weighted by atomic mass is 79.9. The lowest BCUT2D eigenvalue weighted by molar-refractivity contribution is 0.404. The summed E-state index contributed by atoms with van der Waals surface area (Å²) >= 11 is 3.65. The van der Waals surface area contributed by atoms with Crippen molar-refractivity contribution in [3.05, 3.63) is 29.6 Å². The minimum Gasteiger partial charge on any atom is -0.496 e. The summed E-state index contributed by atoms with van der Waals surface area (Å²) in [5.74, 6) is 1.00. The lowest BCUT2D eigenvalue weighted by atomic mass is 9.96. The summed E-state index contributed by atoms with van der Waals surface area (Å²) in [7, 11) is 1.63. The van der Waals surface area contributed by atoms with E-state index in [2.05, 4.69) is 15.9 Å². The van der Waals surface area contributed by atoms with Gasteiger partial charge in [-0.05, 0) is 31.0 Å². The Morgan fingerprint density at radius 3 is 2.80 bits per heavy atom. The van der Waals surface area contributed by atoms with Gasteiger partial charge in [-0.15, -0.1) is 0 Å². The highest BCUT2D eigenvalue weighted by molar-refractivity contribution is 9.09. The molecular formula is C12H14BrFO. The van der Waals surface area contributed by atoms with Gasteiger partial charge in [-0.25, -0.2) is 4.39 Å². The van der Waals surface area contributed by atoms with Crippen molar-refractivity contribution in [2.45, 2.75) is 30.0 Å². The van der Waals surface area contributed by atoms with Crippen LogP contribution in [0.2, 0.25) is 0 Å². The van der Waals surface area contributed by atoms with E-state index >= 15 is 0 Å². The van der Waals surface area contributed by atoms with Crippen LogP contribution in [-0.4, -0.2) is 11.9 Å². The largest absolute Gasteiger partial charge is 0.496 e. The maximum atomic E-state index is 13.2. The molecule has 0 spiro atoms. The van der Waals surface area contributed by atoms with Crippen LogP contribution < -0.4 is 4.74 Å². The van der Waals surface area contributed by atoms with E-state index in [1.165, 1.54) is 12.5 Å². The molecule has 1 aliphatic rings. The van der Waals surface area contributed by atoms with Crippen molar-refractivity contribution in [3.8, 4) is 5.75 Å². The molecule has 0 saturated heterocycles. The Morgan fingerprint density at radius 1 is 1.40 bits per heavy atom. The monoisotopic (exact) mass is 272 g/mol. The third kappa shape index (κ3) is 2.17. The first-order valence-electron chi connectivity index (χ1n) is 5.20. The summed E-state index contributed by atoms with van der Waals surface area (Å²) in [6, 6.07) is 4.76. The Hall–Kier alpha value is -0.570. The quantitative estimate of drug-likeness (QED) is 0.743. The van der Waals surface area contributed by atoms with Crippen molar-refractivity contribution in [1.82, 2.24) is 0 Å². The molecule has 1 fully saturated rings. The lowest BCUT2D eigenvalue weighted by Gasteiger charge is -2.17. The van der Waals surface area contributed by atoms with Crippen molar-refractivity contribution >= 4 is 15.9 Å². The fourth-order valence-corrected chi connectivity index (χ4v) is 3.13. The molecule has 1 aromatic carbocycles. The molecule has 1 aromatic rings. The van der Waals surface area contributed by atoms with Crippen molar-refractivity contribution in [2.24, 2.45) is 0 Å². The summed E-state index contributed by atoms with van der Waals surface area (Å²) in [5, 5.41) is 0. The van der Waals surface area contributed by atoms with Gasteiger partial charge in [0.05, 0.1) is 7.11 Å². The Bertz CT molecular complexity index is 353. The zero-order chi connectivity index (χ0) is 10.8. The fraction of sp³-hybridized carbons (Fsp3) is 0.500. The molecule has 0 N–H and O–H groups in total. The molecule has 2 atom stereocenters. The fourth-order valence-electron chi connectivity index (χ4n) is 2.26. The van der Waals surface area contributed by atoms with Crippen molar-refractivity contribution < 1.29 is 9.13 Å². The Balaban J connectivity index is 2.36. The molecule has 0 heterocycles. The zero-order valence-corrected chi connectivity index (χ0v) is 10.3. The summed E-state index contributed by atoms with van der Waals surface area (Å²) in [5.41, 5.74) is 0.997. The molecular weight excluding hydrogens is 259 g/mol. The molecule has 2 unspecified atom stereocenters. The van der Waals surface area contributed by atoms with Crippen LogP contribution in [-0.2, 0) is 0 Å². The molecule has 0 radical (unpaired) electrons. The molecule has 0 amide bonds. The number of hydrogen-bond acceptors (Lipinski definition) is 1. The maximum absolute atomic E-state index is 13.2. The predicted octanol–water partition coefficient (Wildman–Crippen LogP) is 3.87. The molecule has 2 rings (SSSR count). The van der Waals surface area contributed by atoms with Crippen LogP contribution >= 0.6 is 15.9 Å². The van der Waals surface area contributed by atoms with Crippen LogP contribution in [0, 0.1) is 5.82 Å². The van der Waals surface area contributed by atoms with Gasteiger partial charge in [-0.1, -0.05) is 22.4 Å². The van der Waals surface area contributed by atoms with Gasteiger partial charge in [-0.2, -0.15) is 0 Å². The molecule has 1 nitrogen and oxygen atoms in total. The third-order valence-corrected chi connectivity index (χ3v) is 4.12. The van der Waals surface area contributed by atoms with Crippen LogP contribution in [0.3, 0.4) is 0 Å². The van der Waals surface area contributed by atoms with Crippen LogP contribution in [0.4, 0.5) is 4.39 Å². The highest BCUT2D eigenvalue weighted by Gasteiger charge is 2.28. The Morgan fingerprint density at radius 2 is 2.20 bits per heavy atom. The second-order valence-corrected chi connectivity index (χ2v) is 5.12. The van der Waals surface area contributed by atoms with Gasteiger partial charge in [0.25, 0.3) is 0 Å². The number of alkyl halides is 1. The van der Waals surface area contributed by atoms with E-state index in [1.807, 2.05) is 0 Å². The number of benzene rings is 1. The van der Waals surface area contributed by atoms with E-state index < -0.39 is 0 Å². The predicted molar refractivity (Wildman–Crippen MR) is 62.3 cm³/mol. The normalized spacial score (nSPS) is 25.5. The molecule has 1 aliphatic carbocycles. The topological polar surface area (TPSA) is 9.23 Å². The van der Waals surface area contributed by atoms with Gasteiger partial charge >= 0.3 is 0 Å². The Labute approximate surface area is 97.8 Å². The Kier molecular flexibility index (Phi) is 3.29. The van der Waals surface area contributed by atoms with Gasteiger partial charge in [0.2, 0.25) is 0 Å². The van der Waals surface area contributed by atoms with Crippen molar-refractivity contribution in [2.75, 3.05) is 7.11 Å². The average molecular weight is 273 g/mol. The minimum atomic E-state index is -0.183. The second kappa shape index (κ2) is 4.52. The van der Waals surface area contributed by atoms with Crippen LogP contribution in [0.15, 0.2) is 18.2 Å². The third-order valence-electron chi connectivity index (χ3n) is 3.02. The number of methoxy groups -OCH3 is 1. The maximum Gasteiger partial charge on any atom is 0.123 e. The number of halogens is 2. The van der Waals surface area contributed by atoms with Gasteiger partial charge in [0.15, 0.2) is 0 Å². The van der Waals surface area contributed by atoms with Crippen molar-refractivity contribution in [3.63, 3.8) is 0 Å². The van der Waals surface area contributed by atoms with E-state index in [0.29, 0.717) is 10.7 Å². The van der Waals surface area contributed by atoms with Crippen LogP contribution in [0.25, 0.3) is 0 Å². The smallest absolute Gasteiger partial charge is 0.123 e. The minimum absolute atomic E-state index is 0.183. The molecule has 3 heteroatoms. The first kappa shape index (κ1) is 10.9. The molecule has 0 aromatic heterocycles. The average Bonchev–Trinajstić information content (AvgIpc) is 2.64. The number of hydrogen-bond donors (Lipinski definition) is 0. The summed E-state index contributed by atoms with van der Waals surface area (Å²) in [6.45, 7) is 0. The number of rotatable bonds is 2. The molecule has 15 heavy (non-hydrogen) atoms. The molecule has 82 valence electrons. The molecule has 1 saturated carbocycles. The van der Waals surface area contributed by atoms with E-state index in [4.69, 9.17) is 4.74 Å². The van der Waals surface area contributed by atoms with Crippen LogP contribution in [0.1, 0.15) is 30.7 Å². The summed E-state index contributed by atoms with van der Waals surface area (Å²) < 4.78 is 18.5. The van der Waals surface area contributed by atoms with Crippen LogP contribution in [0.5, 0.6) is 5.75 Å². The zero-order valence-electron chi connectivity index (χ0n) is 8.67. The first-order valence-corrected chi connectivity index (χ1v) is 6.11. The van der Waals surface area contributed by atoms with Gasteiger partial charge < -0.3 is 4.74 Å². The van der Waals surface area contributed by atoms with E-state index in [9.17, 15) is 4.39 Å². The standard InChI is InChI=1S/C12H14BrFO/c1-15-12-6-5-8(14)7-10(12)9-3-2-4-11(9)13/h5-7,9,11H,2-4H2,1H3. The van der Waals surface area contributed by atoms with Gasteiger partial charge in [0.1, 0.15) is 11.6 Å². The van der Waals surface area contributed by atoms with Gasteiger partial charge in [-0.3, -0.25) is 0 Å². The highest BCUT2D eigenvalue weighted by Crippen LogP contribution is 2.42. The number of ether oxygens (including phenoxy) is 1. The van der Waals surface area contributed by atoms with E-state index in [-0.39, 0.29) is 5.82 Å². The molecule has 0 aliphatic heterocycles. The SMILES string of the molecule is COc1ccc(F)cc1C1CCCC1Br. The van der Waals surface area contributed by atoms with Crippen molar-refractivity contribution in [1.29, 1.82) is 0 Å².